The summed E-state index contributed by atoms with van der Waals surface area (Å²) in [5.74, 6) is -0.799. The van der Waals surface area contributed by atoms with Crippen LogP contribution in [0.5, 0.6) is 11.5 Å². The number of carbonyl (C=O) groups is 1. The standard InChI is InChI=1S/C23H22F4N4O5S/c1-14(16-5-8-19-20(9-16)36-13-35-19)22(32)28-11-18-10-21(23(25,26)27)29-31(18)30(37(2,33)34)12-15-3-6-17(24)7-4-15/h3-10,14H,11-13H2,1-2H3,(H,28,32). The Balaban J connectivity index is 1.60. The van der Waals surface area contributed by atoms with E-state index in [0.29, 0.717) is 37.9 Å². The molecule has 3 aromatic rings. The van der Waals surface area contributed by atoms with Crippen molar-refractivity contribution in [3.8, 4) is 11.5 Å². The third kappa shape index (κ3) is 5.96. The minimum absolute atomic E-state index is 0.0552. The molecule has 14 heteroatoms. The van der Waals surface area contributed by atoms with Crippen LogP contribution >= 0.6 is 0 Å². The number of nitrogens with one attached hydrogen (secondary N) is 1. The average molecular weight is 543 g/mol. The number of aromatic nitrogens is 2. The lowest BCUT2D eigenvalue weighted by Crippen LogP contribution is -2.42. The number of amides is 1. The fourth-order valence-electron chi connectivity index (χ4n) is 3.60. The second-order valence-corrected chi connectivity index (χ2v) is 10.2. The van der Waals surface area contributed by atoms with Crippen LogP contribution in [0, 0.1) is 5.82 Å². The molecular formula is C23H22F4N4O5S. The predicted molar refractivity (Wildman–Crippen MR) is 123 cm³/mol. The molecule has 37 heavy (non-hydrogen) atoms. The number of hydrogen-bond donors (Lipinski definition) is 1. The summed E-state index contributed by atoms with van der Waals surface area (Å²) in [7, 11) is -4.15. The number of halogens is 4. The zero-order chi connectivity index (χ0) is 27.0. The zero-order valence-corrected chi connectivity index (χ0v) is 20.4. The number of carbonyl (C=O) groups excluding carboxylic acids is 1. The van der Waals surface area contributed by atoms with Crippen LogP contribution in [0.3, 0.4) is 0 Å². The van der Waals surface area contributed by atoms with Crippen LogP contribution in [-0.4, -0.2) is 37.3 Å². The lowest BCUT2D eigenvalue weighted by atomic mass is 10.00. The first-order chi connectivity index (χ1) is 17.3. The number of alkyl halides is 3. The molecule has 0 saturated carbocycles. The third-order valence-corrected chi connectivity index (χ3v) is 6.66. The fraction of sp³-hybridized carbons (Fsp3) is 0.304. The molecule has 0 saturated heterocycles. The largest absolute Gasteiger partial charge is 0.454 e. The van der Waals surface area contributed by atoms with Gasteiger partial charge in [-0.25, -0.2) is 12.8 Å². The molecule has 0 fully saturated rings. The maximum atomic E-state index is 13.5. The summed E-state index contributed by atoms with van der Waals surface area (Å²) in [5.41, 5.74) is -0.679. The van der Waals surface area contributed by atoms with Gasteiger partial charge in [-0.15, -0.1) is 5.10 Å². The summed E-state index contributed by atoms with van der Waals surface area (Å²) in [6.07, 6.45) is -4.07. The van der Waals surface area contributed by atoms with Crippen LogP contribution in [0.1, 0.15) is 35.4 Å². The van der Waals surface area contributed by atoms with E-state index in [2.05, 4.69) is 10.4 Å². The highest BCUT2D eigenvalue weighted by molar-refractivity contribution is 7.91. The third-order valence-electron chi connectivity index (χ3n) is 5.61. The van der Waals surface area contributed by atoms with Crippen LogP contribution in [0.2, 0.25) is 0 Å². The van der Waals surface area contributed by atoms with Gasteiger partial charge < -0.3 is 14.8 Å². The van der Waals surface area contributed by atoms with Crippen molar-refractivity contribution in [3.63, 3.8) is 0 Å². The molecule has 1 atom stereocenters. The quantitative estimate of drug-likeness (QED) is 0.439. The van der Waals surface area contributed by atoms with E-state index in [1.165, 1.54) is 12.1 Å². The molecule has 1 amide bonds. The molecule has 198 valence electrons. The van der Waals surface area contributed by atoms with E-state index in [9.17, 15) is 30.8 Å². The van der Waals surface area contributed by atoms with Crippen LogP contribution in [0.15, 0.2) is 48.5 Å². The minimum atomic E-state index is -4.87. The molecular weight excluding hydrogens is 520 g/mol. The molecule has 2 aromatic carbocycles. The van der Waals surface area contributed by atoms with Gasteiger partial charge in [-0.1, -0.05) is 18.2 Å². The Labute approximate surface area is 209 Å². The Kier molecular flexibility index (Phi) is 7.04. The highest BCUT2D eigenvalue weighted by Gasteiger charge is 2.36. The van der Waals surface area contributed by atoms with Gasteiger partial charge in [-0.3, -0.25) is 4.79 Å². The van der Waals surface area contributed by atoms with E-state index in [1.807, 2.05) is 0 Å². The van der Waals surface area contributed by atoms with E-state index in [-0.39, 0.29) is 12.5 Å². The van der Waals surface area contributed by atoms with Crippen molar-refractivity contribution in [3.05, 3.63) is 76.9 Å². The normalized spacial score (nSPS) is 13.9. The van der Waals surface area contributed by atoms with E-state index in [0.717, 1.165) is 18.4 Å². The average Bonchev–Trinajstić information content (AvgIpc) is 3.47. The van der Waals surface area contributed by atoms with Gasteiger partial charge >= 0.3 is 6.18 Å². The number of sulfonamides is 1. The van der Waals surface area contributed by atoms with Gasteiger partial charge in [-0.2, -0.15) is 22.4 Å². The van der Waals surface area contributed by atoms with Crippen LogP contribution in [0.25, 0.3) is 0 Å². The highest BCUT2D eigenvalue weighted by atomic mass is 32.2. The summed E-state index contributed by atoms with van der Waals surface area (Å²) in [5, 5.41) is 6.00. The lowest BCUT2D eigenvalue weighted by Gasteiger charge is -2.24. The summed E-state index contributed by atoms with van der Waals surface area (Å²) in [6, 6.07) is 10.4. The molecule has 1 aromatic heterocycles. The molecule has 0 spiro atoms. The van der Waals surface area contributed by atoms with Gasteiger partial charge in [0.25, 0.3) is 0 Å². The molecule has 9 nitrogen and oxygen atoms in total. The molecule has 4 rings (SSSR count). The van der Waals surface area contributed by atoms with Crippen molar-refractivity contribution in [2.24, 2.45) is 0 Å². The summed E-state index contributed by atoms with van der Waals surface area (Å²) in [4.78, 5) is 13.4. The Morgan fingerprint density at radius 3 is 2.46 bits per heavy atom. The maximum Gasteiger partial charge on any atom is 0.435 e. The Bertz CT molecular complexity index is 1410. The smallest absolute Gasteiger partial charge is 0.435 e. The van der Waals surface area contributed by atoms with E-state index in [4.69, 9.17) is 9.47 Å². The van der Waals surface area contributed by atoms with Crippen LogP contribution < -0.4 is 19.2 Å². The monoisotopic (exact) mass is 542 g/mol. The number of fused-ring (bicyclic) bond motifs is 1. The number of rotatable bonds is 8. The SMILES string of the molecule is CC(C(=O)NCc1cc(C(F)(F)F)nn1N(Cc1ccc(F)cc1)S(C)(=O)=O)c1ccc2c(c1)OCO2. The number of ether oxygens (including phenoxy) is 2. The second-order valence-electron chi connectivity index (χ2n) is 8.33. The van der Waals surface area contributed by atoms with Gasteiger partial charge in [0.1, 0.15) is 5.82 Å². The van der Waals surface area contributed by atoms with E-state index >= 15 is 0 Å². The summed E-state index contributed by atoms with van der Waals surface area (Å²) < 4.78 is 89.9. The van der Waals surface area contributed by atoms with Crippen molar-refractivity contribution in [2.45, 2.75) is 32.1 Å². The van der Waals surface area contributed by atoms with Crippen molar-refractivity contribution < 1.29 is 40.2 Å². The van der Waals surface area contributed by atoms with Crippen molar-refractivity contribution >= 4 is 15.9 Å². The zero-order valence-electron chi connectivity index (χ0n) is 19.6. The van der Waals surface area contributed by atoms with E-state index < -0.39 is 52.6 Å². The molecule has 1 aliphatic rings. The van der Waals surface area contributed by atoms with Crippen molar-refractivity contribution in [2.75, 3.05) is 17.5 Å². The Morgan fingerprint density at radius 1 is 1.14 bits per heavy atom. The maximum absolute atomic E-state index is 13.5. The fourth-order valence-corrected chi connectivity index (χ4v) is 4.41. The predicted octanol–water partition coefficient (Wildman–Crippen LogP) is 3.29. The summed E-state index contributed by atoms with van der Waals surface area (Å²) >= 11 is 0. The van der Waals surface area contributed by atoms with Gasteiger partial charge in [0, 0.05) is 0 Å². The number of benzene rings is 2. The molecule has 2 heterocycles. The first-order valence-corrected chi connectivity index (χ1v) is 12.7. The number of hydrogen-bond acceptors (Lipinski definition) is 6. The minimum Gasteiger partial charge on any atom is -0.454 e. The molecule has 0 radical (unpaired) electrons. The Hall–Kier alpha value is -3.81. The van der Waals surface area contributed by atoms with Gasteiger partial charge in [0.15, 0.2) is 17.2 Å². The topological polar surface area (TPSA) is 103 Å². The lowest BCUT2D eigenvalue weighted by molar-refractivity contribution is -0.141. The molecule has 0 aliphatic carbocycles. The van der Waals surface area contributed by atoms with Crippen LogP contribution in [-0.2, 0) is 34.1 Å². The highest BCUT2D eigenvalue weighted by Crippen LogP contribution is 2.34. The van der Waals surface area contributed by atoms with Gasteiger partial charge in [0.2, 0.25) is 22.7 Å². The second kappa shape index (κ2) is 9.92. The molecule has 1 aliphatic heterocycles. The first kappa shape index (κ1) is 26.3. The van der Waals surface area contributed by atoms with Crippen molar-refractivity contribution in [1.82, 2.24) is 15.2 Å². The Morgan fingerprint density at radius 2 is 1.81 bits per heavy atom. The summed E-state index contributed by atoms with van der Waals surface area (Å²) in [6.45, 7) is 0.779. The first-order valence-electron chi connectivity index (χ1n) is 10.9. The van der Waals surface area contributed by atoms with Gasteiger partial charge in [-0.05, 0) is 48.4 Å². The van der Waals surface area contributed by atoms with E-state index in [1.54, 1.807) is 25.1 Å². The molecule has 0 bridgehead atoms. The van der Waals surface area contributed by atoms with Crippen molar-refractivity contribution in [1.29, 1.82) is 0 Å². The molecule has 1 unspecified atom stereocenters. The van der Waals surface area contributed by atoms with Crippen LogP contribution in [0.4, 0.5) is 17.6 Å². The number of nitrogens with zero attached hydrogens (tertiary/aromatic N) is 3. The molecule has 1 N–H and O–H groups in total. The van der Waals surface area contributed by atoms with Gasteiger partial charge in [0.05, 0.1) is 31.0 Å².